The van der Waals surface area contributed by atoms with Gasteiger partial charge in [0.1, 0.15) is 0 Å². The molecule has 1 rings (SSSR count). The molecule has 102 valence electrons. The zero-order chi connectivity index (χ0) is 13.4. The first-order chi connectivity index (χ1) is 8.72. The number of halogens is 1. The van der Waals surface area contributed by atoms with Crippen LogP contribution in [0.4, 0.5) is 5.69 Å². The molecule has 0 heterocycles. The Labute approximate surface area is 115 Å². The van der Waals surface area contributed by atoms with Gasteiger partial charge in [0.25, 0.3) is 0 Å². The van der Waals surface area contributed by atoms with Crippen molar-refractivity contribution in [3.05, 3.63) is 29.8 Å². The van der Waals surface area contributed by atoms with Crippen LogP contribution in [0.1, 0.15) is 12.5 Å². The van der Waals surface area contributed by atoms with Gasteiger partial charge in [0, 0.05) is 38.4 Å². The molecule has 0 saturated carbocycles. The normalized spacial score (nSPS) is 12.4. The van der Waals surface area contributed by atoms with Crippen LogP contribution in [-0.2, 0) is 15.4 Å². The molecule has 1 aromatic rings. The van der Waals surface area contributed by atoms with Crippen LogP contribution >= 0.6 is 11.6 Å². The average molecular weight is 272 g/mol. The predicted octanol–water partition coefficient (Wildman–Crippen LogP) is 2.91. The van der Waals surface area contributed by atoms with Crippen LogP contribution in [0.25, 0.3) is 0 Å². The maximum atomic E-state index is 5.80. The van der Waals surface area contributed by atoms with E-state index in [9.17, 15) is 0 Å². The molecule has 0 amide bonds. The van der Waals surface area contributed by atoms with Gasteiger partial charge in [-0.25, -0.2) is 0 Å². The van der Waals surface area contributed by atoms with Crippen molar-refractivity contribution in [2.24, 2.45) is 0 Å². The van der Waals surface area contributed by atoms with Crippen LogP contribution in [0.5, 0.6) is 0 Å². The van der Waals surface area contributed by atoms with Crippen molar-refractivity contribution in [2.75, 3.05) is 38.9 Å². The summed E-state index contributed by atoms with van der Waals surface area (Å²) in [6, 6.07) is 8.62. The number of nitrogens with zero attached hydrogens (tertiary/aromatic N) is 1. The summed E-state index contributed by atoms with van der Waals surface area (Å²) in [6.45, 7) is 4.39. The summed E-state index contributed by atoms with van der Waals surface area (Å²) < 4.78 is 10.4. The maximum Gasteiger partial charge on any atom is 0.0663 e. The fourth-order valence-electron chi connectivity index (χ4n) is 1.90. The van der Waals surface area contributed by atoms with E-state index in [2.05, 4.69) is 36.1 Å². The summed E-state index contributed by atoms with van der Waals surface area (Å²) in [6.07, 6.45) is 0. The quantitative estimate of drug-likeness (QED) is 0.679. The maximum absolute atomic E-state index is 5.80. The van der Waals surface area contributed by atoms with E-state index in [1.54, 1.807) is 14.2 Å². The minimum absolute atomic E-state index is 0.312. The van der Waals surface area contributed by atoms with E-state index < -0.39 is 0 Å². The number of alkyl halides is 1. The molecule has 0 aliphatic heterocycles. The molecule has 4 heteroatoms. The third-order valence-electron chi connectivity index (χ3n) is 2.90. The zero-order valence-corrected chi connectivity index (χ0v) is 12.1. The van der Waals surface area contributed by atoms with Crippen molar-refractivity contribution in [3.63, 3.8) is 0 Å². The first kappa shape index (κ1) is 15.3. The lowest BCUT2D eigenvalue weighted by molar-refractivity contribution is 0.171. The van der Waals surface area contributed by atoms with Crippen LogP contribution in [0.15, 0.2) is 24.3 Å². The van der Waals surface area contributed by atoms with Crippen LogP contribution in [0.3, 0.4) is 0 Å². The predicted molar refractivity (Wildman–Crippen MR) is 76.6 cm³/mol. The lowest BCUT2D eigenvalue weighted by Gasteiger charge is -2.31. The Bertz CT molecular complexity index is 329. The lowest BCUT2D eigenvalue weighted by atomic mass is 10.2. The second-order valence-corrected chi connectivity index (χ2v) is 4.56. The van der Waals surface area contributed by atoms with Gasteiger partial charge in [-0.2, -0.15) is 0 Å². The van der Waals surface area contributed by atoms with Crippen LogP contribution in [0.2, 0.25) is 0 Å². The van der Waals surface area contributed by atoms with Crippen molar-refractivity contribution < 1.29 is 9.47 Å². The van der Waals surface area contributed by atoms with E-state index in [1.165, 1.54) is 5.69 Å². The fourth-order valence-corrected chi connectivity index (χ4v) is 2.08. The van der Waals surface area contributed by atoms with Crippen LogP contribution < -0.4 is 4.90 Å². The molecule has 0 spiro atoms. The standard InChI is InChI=1S/C14H22ClNO2/c1-12(11-18-3)16(8-9-17-2)14-6-4-13(10-15)5-7-14/h4-7,12H,8-11H2,1-3H3. The Morgan fingerprint density at radius 3 is 2.33 bits per heavy atom. The topological polar surface area (TPSA) is 21.7 Å². The number of hydrogen-bond donors (Lipinski definition) is 0. The number of benzene rings is 1. The van der Waals surface area contributed by atoms with E-state index in [4.69, 9.17) is 21.1 Å². The van der Waals surface area contributed by atoms with Gasteiger partial charge in [0.05, 0.1) is 13.2 Å². The van der Waals surface area contributed by atoms with E-state index in [0.29, 0.717) is 25.1 Å². The van der Waals surface area contributed by atoms with Gasteiger partial charge in [-0.3, -0.25) is 0 Å². The minimum atomic E-state index is 0.312. The molecule has 0 aromatic heterocycles. The van der Waals surface area contributed by atoms with Crippen LogP contribution in [-0.4, -0.2) is 40.0 Å². The Morgan fingerprint density at radius 2 is 1.83 bits per heavy atom. The number of rotatable bonds is 8. The number of ether oxygens (including phenoxy) is 2. The lowest BCUT2D eigenvalue weighted by Crippen LogP contribution is -2.38. The SMILES string of the molecule is COCCN(c1ccc(CCl)cc1)C(C)COC. The first-order valence-corrected chi connectivity index (χ1v) is 6.65. The molecule has 0 bridgehead atoms. The first-order valence-electron chi connectivity index (χ1n) is 6.12. The smallest absolute Gasteiger partial charge is 0.0663 e. The van der Waals surface area contributed by atoms with Crippen molar-refractivity contribution in [1.29, 1.82) is 0 Å². The molecule has 1 atom stereocenters. The van der Waals surface area contributed by atoms with E-state index in [0.717, 1.165) is 12.1 Å². The van der Waals surface area contributed by atoms with Crippen molar-refractivity contribution in [2.45, 2.75) is 18.8 Å². The number of hydrogen-bond acceptors (Lipinski definition) is 3. The Kier molecular flexibility index (Phi) is 7.09. The summed E-state index contributed by atoms with van der Waals surface area (Å²) in [5.74, 6) is 0.548. The molecular weight excluding hydrogens is 250 g/mol. The summed E-state index contributed by atoms with van der Waals surface area (Å²) in [5, 5.41) is 0. The molecule has 0 radical (unpaired) electrons. The van der Waals surface area contributed by atoms with E-state index in [1.807, 2.05) is 0 Å². The molecule has 1 unspecified atom stereocenters. The molecule has 0 saturated heterocycles. The average Bonchev–Trinajstić information content (AvgIpc) is 2.40. The van der Waals surface area contributed by atoms with Crippen molar-refractivity contribution in [3.8, 4) is 0 Å². The highest BCUT2D eigenvalue weighted by atomic mass is 35.5. The van der Waals surface area contributed by atoms with Gasteiger partial charge in [-0.1, -0.05) is 12.1 Å². The zero-order valence-electron chi connectivity index (χ0n) is 11.4. The van der Waals surface area contributed by atoms with Gasteiger partial charge >= 0.3 is 0 Å². The molecular formula is C14H22ClNO2. The molecule has 3 nitrogen and oxygen atoms in total. The largest absolute Gasteiger partial charge is 0.383 e. The Balaban J connectivity index is 2.79. The Morgan fingerprint density at radius 1 is 1.17 bits per heavy atom. The van der Waals surface area contributed by atoms with E-state index in [-0.39, 0.29) is 0 Å². The molecule has 1 aromatic carbocycles. The van der Waals surface area contributed by atoms with Gasteiger partial charge in [0.15, 0.2) is 0 Å². The summed E-state index contributed by atoms with van der Waals surface area (Å²) in [5.41, 5.74) is 2.30. The fraction of sp³-hybridized carbons (Fsp3) is 0.571. The monoisotopic (exact) mass is 271 g/mol. The second-order valence-electron chi connectivity index (χ2n) is 4.29. The second kappa shape index (κ2) is 8.35. The van der Waals surface area contributed by atoms with Gasteiger partial charge in [0.2, 0.25) is 0 Å². The third-order valence-corrected chi connectivity index (χ3v) is 3.21. The number of anilines is 1. The minimum Gasteiger partial charge on any atom is -0.383 e. The Hall–Kier alpha value is -0.770. The highest BCUT2D eigenvalue weighted by molar-refractivity contribution is 6.17. The van der Waals surface area contributed by atoms with Crippen molar-refractivity contribution >= 4 is 17.3 Å². The third kappa shape index (κ3) is 4.48. The van der Waals surface area contributed by atoms with Gasteiger partial charge in [-0.15, -0.1) is 11.6 Å². The molecule has 0 N–H and O–H groups in total. The van der Waals surface area contributed by atoms with Gasteiger partial charge < -0.3 is 14.4 Å². The van der Waals surface area contributed by atoms with Crippen LogP contribution in [0, 0.1) is 0 Å². The highest BCUT2D eigenvalue weighted by Gasteiger charge is 2.14. The van der Waals surface area contributed by atoms with Crippen molar-refractivity contribution in [1.82, 2.24) is 0 Å². The van der Waals surface area contributed by atoms with E-state index >= 15 is 0 Å². The molecule has 0 aliphatic rings. The summed E-state index contributed by atoms with van der Waals surface area (Å²) >= 11 is 5.80. The summed E-state index contributed by atoms with van der Waals surface area (Å²) in [7, 11) is 3.44. The molecule has 18 heavy (non-hydrogen) atoms. The summed E-state index contributed by atoms with van der Waals surface area (Å²) in [4.78, 5) is 2.28. The molecule has 0 aliphatic carbocycles. The van der Waals surface area contributed by atoms with Gasteiger partial charge in [-0.05, 0) is 24.6 Å². The highest BCUT2D eigenvalue weighted by Crippen LogP contribution is 2.18. The number of methoxy groups -OCH3 is 2. The molecule has 0 fully saturated rings.